The van der Waals surface area contributed by atoms with Crippen molar-refractivity contribution in [3.63, 3.8) is 0 Å². The van der Waals surface area contributed by atoms with Gasteiger partial charge in [0.2, 0.25) is 5.88 Å². The van der Waals surface area contributed by atoms with Crippen LogP contribution in [0.2, 0.25) is 0 Å². The Morgan fingerprint density at radius 1 is 1.28 bits per heavy atom. The van der Waals surface area contributed by atoms with E-state index >= 15 is 0 Å². The van der Waals surface area contributed by atoms with Gasteiger partial charge in [-0.3, -0.25) is 18.3 Å². The van der Waals surface area contributed by atoms with Crippen molar-refractivity contribution >= 4 is 35.0 Å². The van der Waals surface area contributed by atoms with E-state index in [0.29, 0.717) is 41.1 Å². The molecule has 1 fully saturated rings. The monoisotopic (exact) mass is 413 g/mol. The Labute approximate surface area is 170 Å². The summed E-state index contributed by atoms with van der Waals surface area (Å²) >= 11 is 0. The highest BCUT2D eigenvalue weighted by atomic mass is 32.2. The number of rotatable bonds is 8. The van der Waals surface area contributed by atoms with Gasteiger partial charge in [-0.1, -0.05) is 13.2 Å². The number of hydrogen-bond donors (Lipinski definition) is 0. The van der Waals surface area contributed by atoms with Crippen LogP contribution in [0.5, 0.6) is 5.88 Å². The molecular weight excluding hydrogens is 390 g/mol. The van der Waals surface area contributed by atoms with Crippen LogP contribution in [-0.2, 0) is 17.3 Å². The van der Waals surface area contributed by atoms with Crippen LogP contribution in [0.3, 0.4) is 0 Å². The zero-order valence-corrected chi connectivity index (χ0v) is 17.2. The molecule has 0 bridgehead atoms. The molecule has 0 amide bonds. The maximum Gasteiger partial charge on any atom is 0.329 e. The summed E-state index contributed by atoms with van der Waals surface area (Å²) in [5.74, 6) is 1.33. The van der Waals surface area contributed by atoms with Crippen LogP contribution in [0.4, 0.5) is 0 Å². The first-order valence-electron chi connectivity index (χ1n) is 9.48. The maximum atomic E-state index is 13.0. The average Bonchev–Trinajstić information content (AvgIpc) is 3.48. The molecule has 0 aliphatic heterocycles. The Kier molecular flexibility index (Phi) is 5.31. The van der Waals surface area contributed by atoms with Gasteiger partial charge in [0, 0.05) is 35.0 Å². The van der Waals surface area contributed by atoms with Gasteiger partial charge < -0.3 is 4.74 Å². The second-order valence-electron chi connectivity index (χ2n) is 7.18. The summed E-state index contributed by atoms with van der Waals surface area (Å²) in [7, 11) is -0.864. The zero-order chi connectivity index (χ0) is 20.5. The van der Waals surface area contributed by atoms with Gasteiger partial charge in [0.05, 0.1) is 40.9 Å². The standard InChI is InChI=1S/C20H23N5O3S/c1-13-14(2)22-18(23-19(13)28-9-4-10-29(3)27)12-24-17-11-21-8-7-16(17)25(20(24)26)15-5-6-15/h7-8,11,15H,1-2,4-6,9-10,12H2,3H3. The number of fused-ring (bicyclic) bond motifs is 1. The lowest BCUT2D eigenvalue weighted by Gasteiger charge is -2.08. The van der Waals surface area contributed by atoms with Crippen LogP contribution in [0.15, 0.2) is 23.3 Å². The van der Waals surface area contributed by atoms with Gasteiger partial charge in [-0.2, -0.15) is 4.98 Å². The predicted octanol–water partition coefficient (Wildman–Crippen LogP) is 0.339. The van der Waals surface area contributed by atoms with Crippen molar-refractivity contribution in [3.05, 3.63) is 45.3 Å². The Morgan fingerprint density at radius 3 is 2.79 bits per heavy atom. The van der Waals surface area contributed by atoms with Crippen molar-refractivity contribution in [3.8, 4) is 5.88 Å². The first kappa shape index (κ1) is 19.5. The SMILES string of the molecule is C=c1nc(Cn2c(=O)n(C3CC3)c3ccncc32)nc(OCCCS(C)=O)c1=C. The van der Waals surface area contributed by atoms with Crippen molar-refractivity contribution in [1.82, 2.24) is 24.1 Å². The van der Waals surface area contributed by atoms with Gasteiger partial charge in [-0.25, -0.2) is 9.78 Å². The molecule has 3 aromatic rings. The van der Waals surface area contributed by atoms with E-state index in [-0.39, 0.29) is 18.3 Å². The van der Waals surface area contributed by atoms with Gasteiger partial charge in [-0.15, -0.1) is 0 Å². The summed E-state index contributed by atoms with van der Waals surface area (Å²) in [6, 6.07) is 2.12. The molecule has 1 saturated carbocycles. The summed E-state index contributed by atoms with van der Waals surface area (Å²) in [4.78, 5) is 26.1. The number of pyridine rings is 1. The van der Waals surface area contributed by atoms with E-state index in [9.17, 15) is 9.00 Å². The van der Waals surface area contributed by atoms with Crippen LogP contribution in [0.25, 0.3) is 24.2 Å². The molecule has 1 aliphatic carbocycles. The predicted molar refractivity (Wildman–Crippen MR) is 113 cm³/mol. The van der Waals surface area contributed by atoms with Crippen molar-refractivity contribution < 1.29 is 8.95 Å². The number of aromatic nitrogens is 5. The number of ether oxygens (including phenoxy) is 1. The molecule has 0 spiro atoms. The normalized spacial score (nSPS) is 14.9. The first-order valence-corrected chi connectivity index (χ1v) is 11.2. The maximum absolute atomic E-state index is 13.0. The fourth-order valence-electron chi connectivity index (χ4n) is 3.28. The van der Waals surface area contributed by atoms with Gasteiger partial charge in [-0.05, 0) is 25.3 Å². The molecule has 0 radical (unpaired) electrons. The van der Waals surface area contributed by atoms with Crippen molar-refractivity contribution in [2.24, 2.45) is 0 Å². The summed E-state index contributed by atoms with van der Waals surface area (Å²) < 4.78 is 20.4. The van der Waals surface area contributed by atoms with E-state index < -0.39 is 10.8 Å². The highest BCUT2D eigenvalue weighted by molar-refractivity contribution is 7.84. The Hall–Kier alpha value is -2.81. The van der Waals surface area contributed by atoms with Crippen molar-refractivity contribution in [2.75, 3.05) is 18.6 Å². The molecular formula is C20H23N5O3S. The summed E-state index contributed by atoms with van der Waals surface area (Å²) in [6.07, 6.45) is 7.72. The smallest absolute Gasteiger partial charge is 0.329 e. The molecule has 1 aliphatic rings. The molecule has 0 saturated heterocycles. The molecule has 29 heavy (non-hydrogen) atoms. The van der Waals surface area contributed by atoms with Crippen molar-refractivity contribution in [2.45, 2.75) is 31.8 Å². The topological polar surface area (TPSA) is 91.9 Å². The lowest BCUT2D eigenvalue weighted by molar-refractivity contribution is 0.301. The van der Waals surface area contributed by atoms with E-state index in [4.69, 9.17) is 4.74 Å². The van der Waals surface area contributed by atoms with E-state index in [2.05, 4.69) is 28.1 Å². The minimum absolute atomic E-state index is 0.0868. The Bertz CT molecular complexity index is 1250. The number of nitrogens with zero attached hydrogens (tertiary/aromatic N) is 5. The molecule has 0 N–H and O–H groups in total. The van der Waals surface area contributed by atoms with E-state index in [0.717, 1.165) is 23.9 Å². The summed E-state index contributed by atoms with van der Waals surface area (Å²) in [5.41, 5.74) is 1.54. The highest BCUT2D eigenvalue weighted by Gasteiger charge is 2.29. The fraction of sp³-hybridized carbons (Fsp3) is 0.400. The zero-order valence-electron chi connectivity index (χ0n) is 16.3. The van der Waals surface area contributed by atoms with Crippen LogP contribution in [0.1, 0.15) is 31.1 Å². The molecule has 4 rings (SSSR count). The van der Waals surface area contributed by atoms with Crippen molar-refractivity contribution in [1.29, 1.82) is 0 Å². The third-order valence-electron chi connectivity index (χ3n) is 4.89. The summed E-state index contributed by atoms with van der Waals surface area (Å²) in [6.45, 7) is 8.42. The molecule has 152 valence electrons. The van der Waals surface area contributed by atoms with Gasteiger partial charge >= 0.3 is 5.69 Å². The third-order valence-corrected chi connectivity index (χ3v) is 5.76. The van der Waals surface area contributed by atoms with E-state index in [1.54, 1.807) is 23.2 Å². The molecule has 1 unspecified atom stereocenters. The Balaban J connectivity index is 1.66. The second kappa shape index (κ2) is 7.90. The molecule has 1 atom stereocenters. The molecule has 3 heterocycles. The highest BCUT2D eigenvalue weighted by Crippen LogP contribution is 2.35. The van der Waals surface area contributed by atoms with Crippen LogP contribution >= 0.6 is 0 Å². The minimum atomic E-state index is -0.864. The minimum Gasteiger partial charge on any atom is -0.477 e. The van der Waals surface area contributed by atoms with Gasteiger partial charge in [0.15, 0.2) is 5.82 Å². The molecule has 3 aromatic heterocycles. The number of imidazole rings is 1. The average molecular weight is 414 g/mol. The van der Waals surface area contributed by atoms with E-state index in [1.807, 2.05) is 10.6 Å². The third kappa shape index (κ3) is 4.00. The largest absolute Gasteiger partial charge is 0.477 e. The lowest BCUT2D eigenvalue weighted by Crippen LogP contribution is -2.32. The fourth-order valence-corrected chi connectivity index (χ4v) is 3.81. The quantitative estimate of drug-likeness (QED) is 0.495. The number of hydrogen-bond acceptors (Lipinski definition) is 6. The van der Waals surface area contributed by atoms with Gasteiger partial charge in [0.25, 0.3) is 0 Å². The Morgan fingerprint density at radius 2 is 2.07 bits per heavy atom. The molecule has 0 aromatic carbocycles. The molecule has 8 nitrogen and oxygen atoms in total. The van der Waals surface area contributed by atoms with Crippen LogP contribution in [0, 0.1) is 0 Å². The van der Waals surface area contributed by atoms with E-state index in [1.165, 1.54) is 0 Å². The second-order valence-corrected chi connectivity index (χ2v) is 8.74. The lowest BCUT2D eigenvalue weighted by atomic mass is 10.4. The van der Waals surface area contributed by atoms with Gasteiger partial charge in [0.1, 0.15) is 0 Å². The first-order chi connectivity index (χ1) is 14.0. The molecule has 9 heteroatoms. The summed E-state index contributed by atoms with van der Waals surface area (Å²) in [5, 5.41) is 0.974. The van der Waals surface area contributed by atoms with Crippen LogP contribution < -0.4 is 21.0 Å². The van der Waals surface area contributed by atoms with Crippen LogP contribution in [-0.4, -0.2) is 46.9 Å².